The van der Waals surface area contributed by atoms with Gasteiger partial charge in [-0.2, -0.15) is 0 Å². The number of nitrogens with one attached hydrogen (secondary N) is 1. The smallest absolute Gasteiger partial charge is 0.123 e. The molecule has 0 amide bonds. The molecule has 1 aromatic rings. The van der Waals surface area contributed by atoms with Crippen molar-refractivity contribution in [2.45, 2.75) is 65.3 Å². The Kier molecular flexibility index (Phi) is 5.72. The quantitative estimate of drug-likeness (QED) is 0.607. The summed E-state index contributed by atoms with van der Waals surface area (Å²) in [5, 5.41) is 0. The van der Waals surface area contributed by atoms with E-state index in [2.05, 4.69) is 40.0 Å². The Morgan fingerprint density at radius 1 is 1.10 bits per heavy atom. The molecule has 0 fully saturated rings. The monoisotopic (exact) mass is 280 g/mol. The summed E-state index contributed by atoms with van der Waals surface area (Å²) in [7, 11) is 0. The van der Waals surface area contributed by atoms with Gasteiger partial charge in [0.25, 0.3) is 0 Å². The van der Waals surface area contributed by atoms with Crippen LogP contribution in [0.4, 0.5) is 4.39 Å². The lowest BCUT2D eigenvalue weighted by Gasteiger charge is -2.35. The fourth-order valence-corrected chi connectivity index (χ4v) is 2.57. The number of halogens is 1. The SMILES string of the molecule is CC(C)(C)CCCC(NN)C(C)(C)c1ccc(F)cc1. The first-order valence-electron chi connectivity index (χ1n) is 7.39. The molecule has 0 aliphatic carbocycles. The van der Waals surface area contributed by atoms with Crippen molar-refractivity contribution in [1.29, 1.82) is 0 Å². The van der Waals surface area contributed by atoms with E-state index in [1.807, 2.05) is 12.1 Å². The summed E-state index contributed by atoms with van der Waals surface area (Å²) < 4.78 is 13.1. The number of hydrazine groups is 1. The van der Waals surface area contributed by atoms with E-state index in [1.165, 1.54) is 18.6 Å². The van der Waals surface area contributed by atoms with Crippen LogP contribution in [0.2, 0.25) is 0 Å². The maximum absolute atomic E-state index is 13.1. The minimum absolute atomic E-state index is 0.125. The Hall–Kier alpha value is -0.930. The molecule has 1 atom stereocenters. The molecule has 0 spiro atoms. The van der Waals surface area contributed by atoms with E-state index >= 15 is 0 Å². The van der Waals surface area contributed by atoms with Crippen LogP contribution in [0.15, 0.2) is 24.3 Å². The van der Waals surface area contributed by atoms with Crippen molar-refractivity contribution in [3.05, 3.63) is 35.6 Å². The number of nitrogens with two attached hydrogens (primary N) is 1. The zero-order valence-corrected chi connectivity index (χ0v) is 13.5. The van der Waals surface area contributed by atoms with E-state index in [9.17, 15) is 4.39 Å². The van der Waals surface area contributed by atoms with E-state index in [0.29, 0.717) is 5.41 Å². The highest BCUT2D eigenvalue weighted by Crippen LogP contribution is 2.31. The van der Waals surface area contributed by atoms with Crippen LogP contribution in [0.3, 0.4) is 0 Å². The summed E-state index contributed by atoms with van der Waals surface area (Å²) in [6, 6.07) is 6.90. The molecule has 1 aromatic carbocycles. The van der Waals surface area contributed by atoms with Gasteiger partial charge in [-0.15, -0.1) is 0 Å². The first-order chi connectivity index (χ1) is 9.16. The molecule has 1 rings (SSSR count). The van der Waals surface area contributed by atoms with E-state index in [4.69, 9.17) is 5.84 Å². The minimum Gasteiger partial charge on any atom is -0.271 e. The van der Waals surface area contributed by atoms with Crippen LogP contribution in [-0.2, 0) is 5.41 Å². The van der Waals surface area contributed by atoms with Gasteiger partial charge in [-0.3, -0.25) is 11.3 Å². The third-order valence-electron chi connectivity index (χ3n) is 4.08. The number of rotatable bonds is 6. The molecule has 0 bridgehead atoms. The summed E-state index contributed by atoms with van der Waals surface area (Å²) in [5.41, 5.74) is 4.28. The Morgan fingerprint density at radius 3 is 2.10 bits per heavy atom. The topological polar surface area (TPSA) is 38.0 Å². The molecule has 0 heterocycles. The summed E-state index contributed by atoms with van der Waals surface area (Å²) in [6.07, 6.45) is 3.31. The second kappa shape index (κ2) is 6.68. The predicted molar refractivity (Wildman–Crippen MR) is 83.8 cm³/mol. The molecule has 0 aliphatic rings. The highest BCUT2D eigenvalue weighted by atomic mass is 19.1. The van der Waals surface area contributed by atoms with Crippen LogP contribution in [0.5, 0.6) is 0 Å². The number of hydrogen-bond acceptors (Lipinski definition) is 2. The van der Waals surface area contributed by atoms with Gasteiger partial charge in [0.1, 0.15) is 5.82 Å². The van der Waals surface area contributed by atoms with Gasteiger partial charge in [-0.1, -0.05) is 53.2 Å². The molecule has 0 radical (unpaired) electrons. The molecule has 3 heteroatoms. The molecule has 2 nitrogen and oxygen atoms in total. The van der Waals surface area contributed by atoms with Gasteiger partial charge >= 0.3 is 0 Å². The van der Waals surface area contributed by atoms with E-state index in [1.54, 1.807) is 0 Å². The van der Waals surface area contributed by atoms with E-state index in [-0.39, 0.29) is 17.3 Å². The molecule has 114 valence electrons. The zero-order chi connectivity index (χ0) is 15.4. The van der Waals surface area contributed by atoms with Gasteiger partial charge in [-0.05, 0) is 36.0 Å². The van der Waals surface area contributed by atoms with Crippen molar-refractivity contribution in [1.82, 2.24) is 5.43 Å². The average molecular weight is 280 g/mol. The van der Waals surface area contributed by atoms with Gasteiger partial charge in [0.05, 0.1) is 0 Å². The third kappa shape index (κ3) is 4.88. The van der Waals surface area contributed by atoms with Crippen molar-refractivity contribution in [2.24, 2.45) is 11.3 Å². The molecule has 0 aromatic heterocycles. The summed E-state index contributed by atoms with van der Waals surface area (Å²) in [6.45, 7) is 11.1. The molecule has 0 saturated carbocycles. The highest BCUT2D eigenvalue weighted by Gasteiger charge is 2.30. The maximum Gasteiger partial charge on any atom is 0.123 e. The van der Waals surface area contributed by atoms with E-state index in [0.717, 1.165) is 18.4 Å². The van der Waals surface area contributed by atoms with Crippen molar-refractivity contribution < 1.29 is 4.39 Å². The molecular formula is C17H29FN2. The van der Waals surface area contributed by atoms with Crippen LogP contribution in [0.1, 0.15) is 59.4 Å². The van der Waals surface area contributed by atoms with Gasteiger partial charge in [0, 0.05) is 11.5 Å². The molecule has 0 saturated heterocycles. The second-order valence-electron chi connectivity index (χ2n) is 7.40. The van der Waals surface area contributed by atoms with Gasteiger partial charge in [0.15, 0.2) is 0 Å². The zero-order valence-electron chi connectivity index (χ0n) is 13.5. The van der Waals surface area contributed by atoms with Gasteiger partial charge < -0.3 is 0 Å². The highest BCUT2D eigenvalue weighted by molar-refractivity contribution is 5.26. The van der Waals surface area contributed by atoms with Crippen molar-refractivity contribution in [3.8, 4) is 0 Å². The Bertz CT molecular complexity index is 404. The Balaban J connectivity index is 2.73. The fourth-order valence-electron chi connectivity index (χ4n) is 2.57. The van der Waals surface area contributed by atoms with Crippen LogP contribution in [0, 0.1) is 11.2 Å². The van der Waals surface area contributed by atoms with Crippen molar-refractivity contribution >= 4 is 0 Å². The first-order valence-corrected chi connectivity index (χ1v) is 7.39. The average Bonchev–Trinajstić information content (AvgIpc) is 2.33. The van der Waals surface area contributed by atoms with Crippen LogP contribution in [0.25, 0.3) is 0 Å². The van der Waals surface area contributed by atoms with Gasteiger partial charge in [0.2, 0.25) is 0 Å². The second-order valence-corrected chi connectivity index (χ2v) is 7.40. The lowest BCUT2D eigenvalue weighted by atomic mass is 9.75. The van der Waals surface area contributed by atoms with Crippen LogP contribution in [-0.4, -0.2) is 6.04 Å². The number of hydrogen-bond donors (Lipinski definition) is 2. The normalized spacial score (nSPS) is 14.3. The first kappa shape index (κ1) is 17.1. The lowest BCUT2D eigenvalue weighted by Crippen LogP contribution is -2.48. The molecule has 0 aliphatic heterocycles. The Labute approximate surface area is 122 Å². The molecule has 3 N–H and O–H groups in total. The van der Waals surface area contributed by atoms with Crippen LogP contribution < -0.4 is 11.3 Å². The van der Waals surface area contributed by atoms with Crippen molar-refractivity contribution in [2.75, 3.05) is 0 Å². The summed E-state index contributed by atoms with van der Waals surface area (Å²) in [4.78, 5) is 0. The largest absolute Gasteiger partial charge is 0.271 e. The molecule has 1 unspecified atom stereocenters. The maximum atomic E-state index is 13.1. The molecule has 20 heavy (non-hydrogen) atoms. The fraction of sp³-hybridized carbons (Fsp3) is 0.647. The number of benzene rings is 1. The molecular weight excluding hydrogens is 251 g/mol. The summed E-state index contributed by atoms with van der Waals surface area (Å²) >= 11 is 0. The van der Waals surface area contributed by atoms with E-state index < -0.39 is 0 Å². The van der Waals surface area contributed by atoms with Crippen molar-refractivity contribution in [3.63, 3.8) is 0 Å². The standard InChI is InChI=1S/C17H29FN2/c1-16(2,3)12-6-7-15(20-19)17(4,5)13-8-10-14(18)11-9-13/h8-11,15,20H,6-7,12,19H2,1-5H3. The lowest BCUT2D eigenvalue weighted by molar-refractivity contribution is 0.289. The summed E-state index contributed by atoms with van der Waals surface area (Å²) in [5.74, 6) is 5.55. The minimum atomic E-state index is -0.199. The third-order valence-corrected chi connectivity index (χ3v) is 4.08. The predicted octanol–water partition coefficient (Wildman–Crippen LogP) is 4.15. The Morgan fingerprint density at radius 2 is 1.65 bits per heavy atom. The van der Waals surface area contributed by atoms with Gasteiger partial charge in [-0.25, -0.2) is 4.39 Å². The van der Waals surface area contributed by atoms with Crippen LogP contribution >= 0.6 is 0 Å².